The molecule has 2 amide bonds. The van der Waals surface area contributed by atoms with Gasteiger partial charge in [0.1, 0.15) is 0 Å². The van der Waals surface area contributed by atoms with E-state index in [1.165, 1.54) is 0 Å². The summed E-state index contributed by atoms with van der Waals surface area (Å²) < 4.78 is 0. The first-order valence-electron chi connectivity index (χ1n) is 10.3. The van der Waals surface area contributed by atoms with E-state index in [1.807, 2.05) is 55.5 Å². The summed E-state index contributed by atoms with van der Waals surface area (Å²) in [7, 11) is 0. The highest BCUT2D eigenvalue weighted by Crippen LogP contribution is 2.37. The van der Waals surface area contributed by atoms with Crippen molar-refractivity contribution in [3.8, 4) is 0 Å². The van der Waals surface area contributed by atoms with Crippen LogP contribution in [0.2, 0.25) is 0 Å². The standard InChI is InChI=1S/C25H25N3O2/c1-4-16(2)17(3)26-27-24(29)20-13-11-18(12-14-20)15-28-22-10-6-8-19-7-5-9-21(23(19)22)25(28)30/h5-14,16H,4,15H2,1-3H3,(H,27,29)/b26-17-/t16-/m0/s1. The van der Waals surface area contributed by atoms with Gasteiger partial charge < -0.3 is 4.90 Å². The molecule has 0 aliphatic carbocycles. The van der Waals surface area contributed by atoms with E-state index in [9.17, 15) is 9.59 Å². The number of nitrogens with zero attached hydrogens (tertiary/aromatic N) is 2. The van der Waals surface area contributed by atoms with Crippen LogP contribution in [0.1, 0.15) is 53.5 Å². The van der Waals surface area contributed by atoms with E-state index < -0.39 is 0 Å². The zero-order valence-corrected chi connectivity index (χ0v) is 17.5. The van der Waals surface area contributed by atoms with E-state index in [4.69, 9.17) is 0 Å². The third-order valence-corrected chi connectivity index (χ3v) is 5.87. The van der Waals surface area contributed by atoms with Gasteiger partial charge in [-0.1, -0.05) is 50.2 Å². The molecule has 1 aliphatic rings. The molecule has 1 atom stereocenters. The van der Waals surface area contributed by atoms with Crippen LogP contribution in [0.15, 0.2) is 65.8 Å². The molecule has 0 fully saturated rings. The number of nitrogens with one attached hydrogen (secondary N) is 1. The van der Waals surface area contributed by atoms with Gasteiger partial charge in [0.2, 0.25) is 0 Å². The number of carbonyl (C=O) groups is 2. The summed E-state index contributed by atoms with van der Waals surface area (Å²) in [4.78, 5) is 27.1. The van der Waals surface area contributed by atoms with Gasteiger partial charge in [-0.2, -0.15) is 5.10 Å². The second-order valence-electron chi connectivity index (χ2n) is 7.77. The van der Waals surface area contributed by atoms with Crippen LogP contribution in [0.4, 0.5) is 5.69 Å². The van der Waals surface area contributed by atoms with Crippen molar-refractivity contribution in [2.75, 3.05) is 4.90 Å². The van der Waals surface area contributed by atoms with Crippen LogP contribution < -0.4 is 10.3 Å². The van der Waals surface area contributed by atoms with E-state index >= 15 is 0 Å². The third kappa shape index (κ3) is 3.59. The molecule has 0 radical (unpaired) electrons. The molecule has 5 nitrogen and oxygen atoms in total. The molecule has 0 spiro atoms. The molecule has 4 rings (SSSR count). The van der Waals surface area contributed by atoms with Crippen LogP contribution in [0, 0.1) is 5.92 Å². The number of hydrazone groups is 1. The van der Waals surface area contributed by atoms with Crippen LogP contribution in [-0.4, -0.2) is 17.5 Å². The molecule has 30 heavy (non-hydrogen) atoms. The van der Waals surface area contributed by atoms with Crippen molar-refractivity contribution in [2.24, 2.45) is 11.0 Å². The molecular weight excluding hydrogens is 374 g/mol. The molecule has 1 aliphatic heterocycles. The van der Waals surface area contributed by atoms with Crippen molar-refractivity contribution >= 4 is 34.0 Å². The molecular formula is C25H25N3O2. The van der Waals surface area contributed by atoms with Crippen molar-refractivity contribution in [1.29, 1.82) is 0 Å². The Balaban J connectivity index is 1.49. The Labute approximate surface area is 176 Å². The molecule has 0 saturated carbocycles. The Morgan fingerprint density at radius 1 is 1.07 bits per heavy atom. The maximum Gasteiger partial charge on any atom is 0.271 e. The third-order valence-electron chi connectivity index (χ3n) is 5.87. The summed E-state index contributed by atoms with van der Waals surface area (Å²) >= 11 is 0. The number of anilines is 1. The second kappa shape index (κ2) is 8.11. The maximum atomic E-state index is 12.9. The smallest absolute Gasteiger partial charge is 0.271 e. The Morgan fingerprint density at radius 2 is 1.77 bits per heavy atom. The summed E-state index contributed by atoms with van der Waals surface area (Å²) in [6, 6.07) is 19.1. The molecule has 1 N–H and O–H groups in total. The van der Waals surface area contributed by atoms with Gasteiger partial charge in [0.25, 0.3) is 11.8 Å². The summed E-state index contributed by atoms with van der Waals surface area (Å²) in [6.07, 6.45) is 0.979. The van der Waals surface area contributed by atoms with Crippen molar-refractivity contribution < 1.29 is 9.59 Å². The monoisotopic (exact) mass is 399 g/mol. The van der Waals surface area contributed by atoms with Gasteiger partial charge in [0, 0.05) is 22.2 Å². The van der Waals surface area contributed by atoms with Crippen LogP contribution in [0.5, 0.6) is 0 Å². The second-order valence-corrected chi connectivity index (χ2v) is 7.77. The van der Waals surface area contributed by atoms with Crippen LogP contribution in [-0.2, 0) is 6.54 Å². The molecule has 0 bridgehead atoms. The molecule has 0 saturated heterocycles. The number of carbonyl (C=O) groups excluding carboxylic acids is 2. The summed E-state index contributed by atoms with van der Waals surface area (Å²) in [5.41, 5.74) is 6.71. The highest BCUT2D eigenvalue weighted by molar-refractivity contribution is 6.24. The number of amides is 2. The van der Waals surface area contributed by atoms with Gasteiger partial charge in [-0.25, -0.2) is 5.43 Å². The predicted molar refractivity (Wildman–Crippen MR) is 121 cm³/mol. The lowest BCUT2D eigenvalue weighted by molar-refractivity contribution is 0.0952. The number of hydrogen-bond acceptors (Lipinski definition) is 3. The summed E-state index contributed by atoms with van der Waals surface area (Å²) in [5.74, 6) is 0.108. The van der Waals surface area contributed by atoms with Crippen molar-refractivity contribution in [3.63, 3.8) is 0 Å². The van der Waals surface area contributed by atoms with Crippen molar-refractivity contribution in [2.45, 2.75) is 33.7 Å². The molecule has 152 valence electrons. The minimum absolute atomic E-state index is 0.0125. The molecule has 3 aromatic rings. The van der Waals surface area contributed by atoms with Crippen LogP contribution in [0.3, 0.4) is 0 Å². The van der Waals surface area contributed by atoms with Gasteiger partial charge in [0.05, 0.1) is 12.2 Å². The largest absolute Gasteiger partial charge is 0.303 e. The Hall–Kier alpha value is -3.47. The Morgan fingerprint density at radius 3 is 2.47 bits per heavy atom. The fourth-order valence-corrected chi connectivity index (χ4v) is 3.69. The number of hydrogen-bond donors (Lipinski definition) is 1. The van der Waals surface area contributed by atoms with E-state index in [2.05, 4.69) is 24.4 Å². The van der Waals surface area contributed by atoms with Crippen molar-refractivity contribution in [3.05, 3.63) is 77.4 Å². The van der Waals surface area contributed by atoms with E-state index in [1.54, 1.807) is 17.0 Å². The van der Waals surface area contributed by atoms with Gasteiger partial charge in [-0.05, 0) is 54.5 Å². The maximum absolute atomic E-state index is 12.9. The van der Waals surface area contributed by atoms with E-state index in [0.717, 1.165) is 39.7 Å². The van der Waals surface area contributed by atoms with Crippen LogP contribution in [0.25, 0.3) is 10.8 Å². The molecule has 0 unspecified atom stereocenters. The Bertz CT molecular complexity index is 1140. The SMILES string of the molecule is CC[C@H](C)/C(C)=N\NC(=O)c1ccc(CN2C(=O)c3cccc4cccc2c34)cc1. The highest BCUT2D eigenvalue weighted by atomic mass is 16.2. The van der Waals surface area contributed by atoms with Gasteiger partial charge in [-0.3, -0.25) is 9.59 Å². The first-order chi connectivity index (χ1) is 14.5. The van der Waals surface area contributed by atoms with E-state index in [0.29, 0.717) is 18.0 Å². The topological polar surface area (TPSA) is 61.8 Å². The minimum atomic E-state index is -0.237. The first kappa shape index (κ1) is 19.8. The lowest BCUT2D eigenvalue weighted by Crippen LogP contribution is -2.26. The normalized spacial score (nSPS) is 14.3. The number of benzene rings is 3. The lowest BCUT2D eigenvalue weighted by Gasteiger charge is -2.18. The van der Waals surface area contributed by atoms with Gasteiger partial charge in [-0.15, -0.1) is 0 Å². The lowest BCUT2D eigenvalue weighted by atomic mass is 10.1. The number of rotatable bonds is 6. The Kier molecular flexibility index (Phi) is 5.36. The quantitative estimate of drug-likeness (QED) is 0.460. The van der Waals surface area contributed by atoms with Crippen molar-refractivity contribution in [1.82, 2.24) is 5.43 Å². The zero-order chi connectivity index (χ0) is 21.3. The molecule has 5 heteroatoms. The fourth-order valence-electron chi connectivity index (χ4n) is 3.69. The van der Waals surface area contributed by atoms with Gasteiger partial charge >= 0.3 is 0 Å². The summed E-state index contributed by atoms with van der Waals surface area (Å²) in [5, 5.41) is 6.28. The van der Waals surface area contributed by atoms with Crippen LogP contribution >= 0.6 is 0 Å². The molecule has 1 heterocycles. The zero-order valence-electron chi connectivity index (χ0n) is 17.5. The highest BCUT2D eigenvalue weighted by Gasteiger charge is 2.29. The fraction of sp³-hybridized carbons (Fsp3) is 0.240. The average molecular weight is 399 g/mol. The first-order valence-corrected chi connectivity index (χ1v) is 10.3. The minimum Gasteiger partial charge on any atom is -0.303 e. The van der Waals surface area contributed by atoms with E-state index in [-0.39, 0.29) is 11.8 Å². The average Bonchev–Trinajstić information content (AvgIpc) is 3.05. The molecule has 3 aromatic carbocycles. The predicted octanol–water partition coefficient (Wildman–Crippen LogP) is 5.15. The molecule has 0 aromatic heterocycles. The summed E-state index contributed by atoms with van der Waals surface area (Å²) in [6.45, 7) is 6.55. The van der Waals surface area contributed by atoms with Gasteiger partial charge in [0.15, 0.2) is 0 Å².